The Morgan fingerprint density at radius 1 is 1.33 bits per heavy atom. The summed E-state index contributed by atoms with van der Waals surface area (Å²) in [6.45, 7) is 0. The third kappa shape index (κ3) is 3.32. The molecule has 0 aromatic heterocycles. The smallest absolute Gasteiger partial charge is 0.0633 e. The molecule has 0 aliphatic carbocycles. The van der Waals surface area contributed by atoms with Crippen LogP contribution in [0.25, 0.3) is 0 Å². The van der Waals surface area contributed by atoms with Crippen molar-refractivity contribution in [2.45, 2.75) is 4.32 Å². The molecule has 0 spiro atoms. The molecule has 0 bridgehead atoms. The topological polar surface area (TPSA) is 0 Å². The highest BCUT2D eigenvalue weighted by Gasteiger charge is 1.89. The highest BCUT2D eigenvalue weighted by Crippen LogP contribution is 2.23. The van der Waals surface area contributed by atoms with Crippen LogP contribution in [0.2, 0.25) is 0 Å². The average molecular weight is 140 g/mol. The second kappa shape index (κ2) is 4.29. The predicted octanol–water partition coefficient (Wildman–Crippen LogP) is 1.87. The van der Waals surface area contributed by atoms with Crippen LogP contribution < -0.4 is 0 Å². The molecule has 0 aromatic rings. The van der Waals surface area contributed by atoms with Crippen molar-refractivity contribution in [2.75, 3.05) is 12.5 Å². The fourth-order valence-electron chi connectivity index (χ4n) is 0.0962. The zero-order valence-corrected chi connectivity index (χ0v) is 6.76. The summed E-state index contributed by atoms with van der Waals surface area (Å²) in [7, 11) is 2.74. The van der Waals surface area contributed by atoms with Gasteiger partial charge >= 0.3 is 0 Å². The Balaban J connectivity index is 2.75. The molecule has 0 aromatic carbocycles. The summed E-state index contributed by atoms with van der Waals surface area (Å²) >= 11 is 3.70. The average Bonchev–Trinajstić information content (AvgIpc) is 1.65. The van der Waals surface area contributed by atoms with Crippen molar-refractivity contribution in [3.05, 3.63) is 0 Å². The van der Waals surface area contributed by atoms with Gasteiger partial charge in [-0.3, -0.25) is 0 Å². The Morgan fingerprint density at radius 2 is 1.67 bits per heavy atom. The first kappa shape index (κ1) is 7.13. The van der Waals surface area contributed by atoms with Gasteiger partial charge < -0.3 is 0 Å². The van der Waals surface area contributed by atoms with Crippen LogP contribution in [0.15, 0.2) is 0 Å². The molecule has 0 aliphatic heterocycles. The second-order valence-electron chi connectivity index (χ2n) is 0.840. The summed E-state index contributed by atoms with van der Waals surface area (Å²) < 4.78 is 0.685. The highest BCUT2D eigenvalue weighted by molar-refractivity contribution is 8.20. The Hall–Kier alpha value is 1.13. The first-order valence-electron chi connectivity index (χ1n) is 1.62. The fraction of sp³-hybridized carbons (Fsp3) is 1.00. The predicted molar refractivity (Wildman–Crippen MR) is 40.5 cm³/mol. The van der Waals surface area contributed by atoms with E-state index in [1.165, 1.54) is 0 Å². The molecular formula is C3H9PS2. The molecule has 3 heteroatoms. The van der Waals surface area contributed by atoms with E-state index in [0.29, 0.717) is 4.32 Å². The maximum atomic E-state index is 2.74. The maximum absolute atomic E-state index is 2.74. The van der Waals surface area contributed by atoms with Crippen LogP contribution in [0.1, 0.15) is 0 Å². The molecule has 0 nitrogen and oxygen atoms in total. The van der Waals surface area contributed by atoms with Gasteiger partial charge in [0.2, 0.25) is 0 Å². The molecular weight excluding hydrogens is 131 g/mol. The molecule has 0 rings (SSSR count). The van der Waals surface area contributed by atoms with Gasteiger partial charge in [0.15, 0.2) is 0 Å². The Kier molecular flexibility index (Phi) is 5.10. The van der Waals surface area contributed by atoms with E-state index < -0.39 is 0 Å². The Morgan fingerprint density at radius 3 is 1.67 bits per heavy atom. The molecule has 1 unspecified atom stereocenters. The van der Waals surface area contributed by atoms with Gasteiger partial charge in [0.25, 0.3) is 0 Å². The van der Waals surface area contributed by atoms with E-state index in [1.54, 1.807) is 0 Å². The lowest BCUT2D eigenvalue weighted by Gasteiger charge is -1.98. The van der Waals surface area contributed by atoms with Crippen LogP contribution in [0.4, 0.5) is 0 Å². The second-order valence-corrected chi connectivity index (χ2v) is 4.73. The highest BCUT2D eigenvalue weighted by atomic mass is 32.2. The Bertz CT molecular complexity index is 28.0. The molecule has 0 saturated carbocycles. The van der Waals surface area contributed by atoms with E-state index in [9.17, 15) is 0 Å². The van der Waals surface area contributed by atoms with Gasteiger partial charge in [0.1, 0.15) is 0 Å². The van der Waals surface area contributed by atoms with Crippen molar-refractivity contribution >= 4 is 32.8 Å². The first-order valence-corrected chi connectivity index (χ1v) is 4.86. The quantitative estimate of drug-likeness (QED) is 0.424. The SMILES string of the molecule is CSC(P)SC. The molecule has 0 aliphatic rings. The largest absolute Gasteiger partial charge is 0.147 e. The summed E-state index contributed by atoms with van der Waals surface area (Å²) in [4.78, 5) is 0. The van der Waals surface area contributed by atoms with Crippen LogP contribution in [0.3, 0.4) is 0 Å². The molecule has 0 radical (unpaired) electrons. The third-order valence-corrected chi connectivity index (χ3v) is 4.18. The van der Waals surface area contributed by atoms with Gasteiger partial charge in [-0.2, -0.15) is 0 Å². The molecule has 0 saturated heterocycles. The molecule has 1 atom stereocenters. The minimum Gasteiger partial charge on any atom is -0.147 e. The molecule has 0 amide bonds. The lowest BCUT2D eigenvalue weighted by molar-refractivity contribution is 2.04. The lowest BCUT2D eigenvalue weighted by Crippen LogP contribution is -1.74. The molecule has 0 N–H and O–H groups in total. The van der Waals surface area contributed by atoms with E-state index in [0.717, 1.165) is 0 Å². The summed E-state index contributed by atoms with van der Waals surface area (Å²) in [5.74, 6) is 0. The fourth-order valence-corrected chi connectivity index (χ4v) is 0.866. The summed E-state index contributed by atoms with van der Waals surface area (Å²) in [5.41, 5.74) is 0. The van der Waals surface area contributed by atoms with Gasteiger partial charge in [-0.1, -0.05) is 0 Å². The van der Waals surface area contributed by atoms with E-state index in [4.69, 9.17) is 0 Å². The van der Waals surface area contributed by atoms with Crippen LogP contribution in [0.5, 0.6) is 0 Å². The third-order valence-electron chi connectivity index (χ3n) is 0.465. The van der Waals surface area contributed by atoms with Crippen molar-refractivity contribution in [3.63, 3.8) is 0 Å². The van der Waals surface area contributed by atoms with Crippen molar-refractivity contribution in [3.8, 4) is 0 Å². The van der Waals surface area contributed by atoms with Crippen LogP contribution in [-0.2, 0) is 0 Å². The van der Waals surface area contributed by atoms with Crippen molar-refractivity contribution in [1.82, 2.24) is 0 Å². The van der Waals surface area contributed by atoms with Crippen LogP contribution >= 0.6 is 32.8 Å². The summed E-state index contributed by atoms with van der Waals surface area (Å²) in [6.07, 6.45) is 4.21. The van der Waals surface area contributed by atoms with Crippen LogP contribution in [0, 0.1) is 0 Å². The zero-order valence-electron chi connectivity index (χ0n) is 3.97. The molecule has 0 heterocycles. The van der Waals surface area contributed by atoms with Gasteiger partial charge in [-0.25, -0.2) is 0 Å². The minimum absolute atomic E-state index is 0.685. The van der Waals surface area contributed by atoms with E-state index >= 15 is 0 Å². The molecule has 0 fully saturated rings. The molecule has 38 valence electrons. The van der Waals surface area contributed by atoms with Crippen LogP contribution in [-0.4, -0.2) is 16.8 Å². The van der Waals surface area contributed by atoms with Crippen molar-refractivity contribution < 1.29 is 0 Å². The number of hydrogen-bond donors (Lipinski definition) is 0. The van der Waals surface area contributed by atoms with Crippen molar-refractivity contribution in [2.24, 2.45) is 0 Å². The number of hydrogen-bond acceptors (Lipinski definition) is 2. The summed E-state index contributed by atoms with van der Waals surface area (Å²) in [6, 6.07) is 0. The first-order chi connectivity index (χ1) is 2.81. The number of rotatable bonds is 2. The van der Waals surface area contributed by atoms with E-state index in [2.05, 4.69) is 21.8 Å². The Labute approximate surface area is 50.0 Å². The van der Waals surface area contributed by atoms with E-state index in [-0.39, 0.29) is 0 Å². The van der Waals surface area contributed by atoms with Gasteiger partial charge in [0, 0.05) is 0 Å². The lowest BCUT2D eigenvalue weighted by atomic mass is 11.8. The van der Waals surface area contributed by atoms with Crippen molar-refractivity contribution in [1.29, 1.82) is 0 Å². The number of thioether (sulfide) groups is 2. The van der Waals surface area contributed by atoms with Gasteiger partial charge in [-0.05, 0) is 12.5 Å². The van der Waals surface area contributed by atoms with Gasteiger partial charge in [-0.15, -0.1) is 32.8 Å². The maximum Gasteiger partial charge on any atom is 0.0633 e. The monoisotopic (exact) mass is 140 g/mol. The molecule has 6 heavy (non-hydrogen) atoms. The standard InChI is InChI=1S/C3H9PS2/c1-5-3(4)6-2/h3H,4H2,1-2H3. The minimum atomic E-state index is 0.685. The summed E-state index contributed by atoms with van der Waals surface area (Å²) in [5, 5.41) is 0. The zero-order chi connectivity index (χ0) is 4.99. The van der Waals surface area contributed by atoms with E-state index in [1.807, 2.05) is 23.5 Å². The van der Waals surface area contributed by atoms with Gasteiger partial charge in [0.05, 0.1) is 4.32 Å². The normalized spacial score (nSPS) is 10.0.